The summed E-state index contributed by atoms with van der Waals surface area (Å²) in [5.74, 6) is -0.580. The molecule has 0 aromatic heterocycles. The van der Waals surface area contributed by atoms with Crippen molar-refractivity contribution in [3.05, 3.63) is 35.1 Å². The molecule has 0 aliphatic rings. The summed E-state index contributed by atoms with van der Waals surface area (Å²) in [6.07, 6.45) is 0.872. The van der Waals surface area contributed by atoms with E-state index < -0.39 is 5.82 Å². The van der Waals surface area contributed by atoms with E-state index in [0.29, 0.717) is 18.4 Å². The smallest absolute Gasteiger partial charge is 0.165 e. The molecule has 2 nitrogen and oxygen atoms in total. The lowest BCUT2D eigenvalue weighted by Gasteiger charge is -2.22. The van der Waals surface area contributed by atoms with Gasteiger partial charge < -0.3 is 4.74 Å². The molecule has 0 unspecified atom stereocenters. The normalized spacial score (nSPS) is 11.6. The van der Waals surface area contributed by atoms with Gasteiger partial charge in [-0.2, -0.15) is 0 Å². The number of hydrogen-bond acceptors (Lipinski definition) is 2. The van der Waals surface area contributed by atoms with Gasteiger partial charge in [0.2, 0.25) is 0 Å². The Morgan fingerprint density at radius 3 is 2.65 bits per heavy atom. The van der Waals surface area contributed by atoms with Crippen molar-refractivity contribution in [2.24, 2.45) is 0 Å². The van der Waals surface area contributed by atoms with Crippen molar-refractivity contribution in [1.82, 2.24) is 0 Å². The Hall–Kier alpha value is -1.22. The molecule has 0 fully saturated rings. The first-order valence-corrected chi connectivity index (χ1v) is 5.71. The van der Waals surface area contributed by atoms with Gasteiger partial charge in [0, 0.05) is 13.5 Å². The van der Waals surface area contributed by atoms with Crippen LogP contribution in [-0.4, -0.2) is 18.5 Å². The number of rotatable bonds is 5. The van der Waals surface area contributed by atoms with E-state index in [9.17, 15) is 9.18 Å². The molecule has 0 radical (unpaired) electrons. The van der Waals surface area contributed by atoms with E-state index in [1.807, 2.05) is 13.8 Å². The van der Waals surface area contributed by atoms with Gasteiger partial charge in [-0.15, -0.1) is 0 Å². The van der Waals surface area contributed by atoms with Gasteiger partial charge in [0.25, 0.3) is 0 Å². The second kappa shape index (κ2) is 5.41. The Bertz CT molecular complexity index is 411. The van der Waals surface area contributed by atoms with Gasteiger partial charge in [-0.1, -0.05) is 12.1 Å². The predicted molar refractivity (Wildman–Crippen MR) is 65.8 cm³/mol. The van der Waals surface area contributed by atoms with Gasteiger partial charge >= 0.3 is 0 Å². The van der Waals surface area contributed by atoms with Crippen LogP contribution < -0.4 is 0 Å². The summed E-state index contributed by atoms with van der Waals surface area (Å²) < 4.78 is 18.9. The number of carbonyl (C=O) groups is 1. The largest absolute Gasteiger partial charge is 0.379 e. The van der Waals surface area contributed by atoms with Crippen molar-refractivity contribution in [3.8, 4) is 0 Å². The molecule has 1 rings (SSSR count). The Labute approximate surface area is 102 Å². The molecule has 1 aromatic carbocycles. The van der Waals surface area contributed by atoms with E-state index in [0.717, 1.165) is 0 Å². The molecule has 0 N–H and O–H groups in total. The van der Waals surface area contributed by atoms with E-state index in [-0.39, 0.29) is 16.9 Å². The van der Waals surface area contributed by atoms with E-state index in [4.69, 9.17) is 4.74 Å². The van der Waals surface area contributed by atoms with E-state index in [1.165, 1.54) is 6.07 Å². The highest BCUT2D eigenvalue weighted by Crippen LogP contribution is 2.19. The third kappa shape index (κ3) is 3.63. The van der Waals surface area contributed by atoms with Crippen LogP contribution >= 0.6 is 0 Å². The summed E-state index contributed by atoms with van der Waals surface area (Å²) in [4.78, 5) is 11.9. The molecule has 0 atom stereocenters. The number of ketones is 1. The maximum absolute atomic E-state index is 13.7. The minimum atomic E-state index is -0.410. The molecule has 0 aliphatic carbocycles. The number of Topliss-reactive ketones (excluding diaryl/α,β-unsaturated/α-hetero) is 1. The van der Waals surface area contributed by atoms with Crippen LogP contribution in [0.5, 0.6) is 0 Å². The zero-order valence-corrected chi connectivity index (χ0v) is 10.8. The minimum Gasteiger partial charge on any atom is -0.379 e. The molecule has 0 bridgehead atoms. The maximum atomic E-state index is 13.7. The summed E-state index contributed by atoms with van der Waals surface area (Å²) in [6.45, 7) is 5.48. The zero-order valence-electron chi connectivity index (χ0n) is 10.8. The first-order chi connectivity index (χ1) is 7.87. The van der Waals surface area contributed by atoms with Crippen molar-refractivity contribution in [1.29, 1.82) is 0 Å². The molecule has 0 spiro atoms. The SMILES string of the molecule is COC(C)(C)CCC(=O)c1cccc(C)c1F. The van der Waals surface area contributed by atoms with Crippen LogP contribution in [0.4, 0.5) is 4.39 Å². The molecule has 1 aromatic rings. The number of hydrogen-bond donors (Lipinski definition) is 0. The second-order valence-corrected chi connectivity index (χ2v) is 4.82. The third-order valence-electron chi connectivity index (χ3n) is 3.00. The second-order valence-electron chi connectivity index (χ2n) is 4.82. The molecule has 94 valence electrons. The van der Waals surface area contributed by atoms with Crippen LogP contribution in [0.25, 0.3) is 0 Å². The lowest BCUT2D eigenvalue weighted by molar-refractivity contribution is 0.0141. The highest BCUT2D eigenvalue weighted by Gasteiger charge is 2.20. The topological polar surface area (TPSA) is 26.3 Å². The van der Waals surface area contributed by atoms with Gasteiger partial charge in [0.15, 0.2) is 5.78 Å². The molecule has 0 heterocycles. The first-order valence-electron chi connectivity index (χ1n) is 5.71. The van der Waals surface area contributed by atoms with Gasteiger partial charge in [0.1, 0.15) is 5.82 Å². The van der Waals surface area contributed by atoms with Crippen LogP contribution in [0.3, 0.4) is 0 Å². The van der Waals surface area contributed by atoms with Gasteiger partial charge in [-0.05, 0) is 38.8 Å². The van der Waals surface area contributed by atoms with E-state index in [1.54, 1.807) is 26.2 Å². The monoisotopic (exact) mass is 238 g/mol. The summed E-state index contributed by atoms with van der Waals surface area (Å²) in [5, 5.41) is 0. The summed E-state index contributed by atoms with van der Waals surface area (Å²) in [6, 6.07) is 4.89. The van der Waals surface area contributed by atoms with Crippen molar-refractivity contribution >= 4 is 5.78 Å². The third-order valence-corrected chi connectivity index (χ3v) is 3.00. The fraction of sp³-hybridized carbons (Fsp3) is 0.500. The summed E-state index contributed by atoms with van der Waals surface area (Å²) >= 11 is 0. The molecule has 0 saturated heterocycles. The van der Waals surface area contributed by atoms with Crippen molar-refractivity contribution < 1.29 is 13.9 Å². The maximum Gasteiger partial charge on any atom is 0.165 e. The summed E-state index contributed by atoms with van der Waals surface area (Å²) in [7, 11) is 1.61. The van der Waals surface area contributed by atoms with Crippen LogP contribution in [0.1, 0.15) is 42.6 Å². The predicted octanol–water partition coefficient (Wildman–Crippen LogP) is 3.52. The molecular weight excluding hydrogens is 219 g/mol. The fourth-order valence-corrected chi connectivity index (χ4v) is 1.51. The number of ether oxygens (including phenoxy) is 1. The van der Waals surface area contributed by atoms with Crippen LogP contribution in [-0.2, 0) is 4.74 Å². The lowest BCUT2D eigenvalue weighted by Crippen LogP contribution is -2.23. The number of carbonyl (C=O) groups excluding carboxylic acids is 1. The highest BCUT2D eigenvalue weighted by molar-refractivity contribution is 5.96. The molecular formula is C14H19FO2. The minimum absolute atomic E-state index is 0.170. The Morgan fingerprint density at radius 2 is 2.06 bits per heavy atom. The molecule has 3 heteroatoms. The molecule has 0 amide bonds. The number of aryl methyl sites for hydroxylation is 1. The summed E-state index contributed by atoms with van der Waals surface area (Å²) in [5.41, 5.74) is 0.328. The highest BCUT2D eigenvalue weighted by atomic mass is 19.1. The van der Waals surface area contributed by atoms with E-state index in [2.05, 4.69) is 0 Å². The number of halogens is 1. The fourth-order valence-electron chi connectivity index (χ4n) is 1.51. The lowest BCUT2D eigenvalue weighted by atomic mass is 9.97. The van der Waals surface area contributed by atoms with Crippen LogP contribution in [0, 0.1) is 12.7 Å². The molecule has 17 heavy (non-hydrogen) atoms. The van der Waals surface area contributed by atoms with Gasteiger partial charge in [0.05, 0.1) is 11.2 Å². The Balaban J connectivity index is 2.74. The average molecular weight is 238 g/mol. The first kappa shape index (κ1) is 13.8. The molecule has 0 saturated carbocycles. The van der Waals surface area contributed by atoms with Crippen molar-refractivity contribution in [3.63, 3.8) is 0 Å². The van der Waals surface area contributed by atoms with Crippen LogP contribution in [0.15, 0.2) is 18.2 Å². The standard InChI is InChI=1S/C14H19FO2/c1-10-6-5-7-11(13(10)15)12(16)8-9-14(2,3)17-4/h5-7H,8-9H2,1-4H3. The van der Waals surface area contributed by atoms with Crippen molar-refractivity contribution in [2.75, 3.05) is 7.11 Å². The number of methoxy groups -OCH3 is 1. The van der Waals surface area contributed by atoms with Crippen LogP contribution in [0.2, 0.25) is 0 Å². The van der Waals surface area contributed by atoms with Crippen molar-refractivity contribution in [2.45, 2.75) is 39.2 Å². The molecule has 0 aliphatic heterocycles. The van der Waals surface area contributed by atoms with Gasteiger partial charge in [-0.25, -0.2) is 4.39 Å². The Morgan fingerprint density at radius 1 is 1.41 bits per heavy atom. The Kier molecular flexibility index (Phi) is 4.40. The van der Waals surface area contributed by atoms with E-state index >= 15 is 0 Å². The quantitative estimate of drug-likeness (QED) is 0.734. The zero-order chi connectivity index (χ0) is 13.1. The van der Waals surface area contributed by atoms with Gasteiger partial charge in [-0.3, -0.25) is 4.79 Å². The number of benzene rings is 1. The average Bonchev–Trinajstić information content (AvgIpc) is 2.30.